The molecule has 6 heteroatoms. The molecular formula is C17H24FN3O2. The zero-order valence-electron chi connectivity index (χ0n) is 13.9. The zero-order valence-corrected chi connectivity index (χ0v) is 13.9. The number of carbonyl (C=O) groups excluding carboxylic acids is 2. The highest BCUT2D eigenvalue weighted by Crippen LogP contribution is 2.13. The number of rotatable bonds is 2. The van der Waals surface area contributed by atoms with Crippen molar-refractivity contribution >= 4 is 11.9 Å². The molecule has 5 nitrogen and oxygen atoms in total. The lowest BCUT2D eigenvalue weighted by atomic mass is 10.0. The van der Waals surface area contributed by atoms with Gasteiger partial charge in [-0.2, -0.15) is 0 Å². The first-order valence-electron chi connectivity index (χ1n) is 7.89. The molecule has 1 saturated heterocycles. The summed E-state index contributed by atoms with van der Waals surface area (Å²) in [4.78, 5) is 25.9. The predicted octanol–water partition coefficient (Wildman–Crippen LogP) is 2.53. The molecule has 2 N–H and O–H groups in total. The third-order valence-electron chi connectivity index (χ3n) is 3.72. The van der Waals surface area contributed by atoms with Crippen LogP contribution in [0, 0.1) is 5.82 Å². The maximum atomic E-state index is 13.6. The van der Waals surface area contributed by atoms with Crippen molar-refractivity contribution in [2.45, 2.75) is 45.2 Å². The summed E-state index contributed by atoms with van der Waals surface area (Å²) in [5.74, 6) is -0.923. The van der Waals surface area contributed by atoms with Crippen molar-refractivity contribution < 1.29 is 14.0 Å². The Labute approximate surface area is 136 Å². The van der Waals surface area contributed by atoms with Gasteiger partial charge in [-0.15, -0.1) is 0 Å². The van der Waals surface area contributed by atoms with Gasteiger partial charge in [-0.05, 0) is 45.7 Å². The second-order valence-electron chi connectivity index (χ2n) is 6.89. The highest BCUT2D eigenvalue weighted by atomic mass is 19.1. The fraction of sp³-hybridized carbons (Fsp3) is 0.529. The van der Waals surface area contributed by atoms with E-state index >= 15 is 0 Å². The molecule has 0 aromatic heterocycles. The number of likely N-dealkylation sites (tertiary alicyclic amines) is 1. The highest BCUT2D eigenvalue weighted by molar-refractivity contribution is 5.94. The van der Waals surface area contributed by atoms with E-state index in [2.05, 4.69) is 10.6 Å². The van der Waals surface area contributed by atoms with E-state index in [0.717, 1.165) is 0 Å². The first-order chi connectivity index (χ1) is 10.8. The van der Waals surface area contributed by atoms with Crippen molar-refractivity contribution in [2.24, 2.45) is 0 Å². The average molecular weight is 321 g/mol. The van der Waals surface area contributed by atoms with Crippen LogP contribution in [0.2, 0.25) is 0 Å². The fourth-order valence-electron chi connectivity index (χ4n) is 2.54. The molecule has 1 aliphatic rings. The van der Waals surface area contributed by atoms with Crippen molar-refractivity contribution in [3.63, 3.8) is 0 Å². The molecule has 0 aliphatic carbocycles. The topological polar surface area (TPSA) is 61.4 Å². The molecule has 2 rings (SSSR count). The van der Waals surface area contributed by atoms with E-state index < -0.39 is 11.7 Å². The number of nitrogens with zero attached hydrogens (tertiary/aromatic N) is 1. The minimum absolute atomic E-state index is 0.0409. The van der Waals surface area contributed by atoms with E-state index in [1.807, 2.05) is 20.8 Å². The maximum Gasteiger partial charge on any atom is 0.317 e. The number of hydrogen-bond acceptors (Lipinski definition) is 2. The Morgan fingerprint density at radius 1 is 1.17 bits per heavy atom. The average Bonchev–Trinajstić information content (AvgIpc) is 2.46. The quantitative estimate of drug-likeness (QED) is 0.879. The standard InChI is InChI=1S/C17H24FN3O2/c1-17(2,3)20-16(23)21-10-8-12(9-11-21)19-15(22)13-6-4-5-7-14(13)18/h4-7,12H,8-11H2,1-3H3,(H,19,22)(H,20,23). The number of carbonyl (C=O) groups is 2. The van der Waals surface area contributed by atoms with Gasteiger partial charge in [-0.25, -0.2) is 9.18 Å². The highest BCUT2D eigenvalue weighted by Gasteiger charge is 2.26. The molecule has 0 bridgehead atoms. The summed E-state index contributed by atoms with van der Waals surface area (Å²) in [7, 11) is 0. The van der Waals surface area contributed by atoms with Crippen molar-refractivity contribution in [2.75, 3.05) is 13.1 Å². The van der Waals surface area contributed by atoms with Gasteiger partial charge in [0.2, 0.25) is 0 Å². The van der Waals surface area contributed by atoms with Gasteiger partial charge in [0.1, 0.15) is 5.82 Å². The van der Waals surface area contributed by atoms with Crippen LogP contribution < -0.4 is 10.6 Å². The lowest BCUT2D eigenvalue weighted by molar-refractivity contribution is 0.0913. The smallest absolute Gasteiger partial charge is 0.317 e. The van der Waals surface area contributed by atoms with Crippen LogP contribution in [0.5, 0.6) is 0 Å². The second-order valence-corrected chi connectivity index (χ2v) is 6.89. The summed E-state index contributed by atoms with van der Waals surface area (Å²) in [6, 6.07) is 5.80. The summed E-state index contributed by atoms with van der Waals surface area (Å²) in [5.41, 5.74) is -0.215. The second kappa shape index (κ2) is 6.98. The number of hydrogen-bond donors (Lipinski definition) is 2. The van der Waals surface area contributed by atoms with E-state index in [9.17, 15) is 14.0 Å². The van der Waals surface area contributed by atoms with E-state index in [1.54, 1.807) is 17.0 Å². The van der Waals surface area contributed by atoms with Crippen molar-refractivity contribution in [1.82, 2.24) is 15.5 Å². The van der Waals surface area contributed by atoms with E-state index in [-0.39, 0.29) is 23.2 Å². The normalized spacial score (nSPS) is 16.1. The minimum atomic E-state index is -0.521. The molecule has 3 amide bonds. The first-order valence-corrected chi connectivity index (χ1v) is 7.89. The molecule has 23 heavy (non-hydrogen) atoms. The number of halogens is 1. The van der Waals surface area contributed by atoms with Gasteiger partial charge in [0.15, 0.2) is 0 Å². The van der Waals surface area contributed by atoms with Gasteiger partial charge in [-0.3, -0.25) is 4.79 Å². The summed E-state index contributed by atoms with van der Waals surface area (Å²) in [6.45, 7) is 6.96. The number of amides is 3. The maximum absolute atomic E-state index is 13.6. The third-order valence-corrected chi connectivity index (χ3v) is 3.72. The lowest BCUT2D eigenvalue weighted by Gasteiger charge is -2.34. The monoisotopic (exact) mass is 321 g/mol. The molecular weight excluding hydrogens is 297 g/mol. The Morgan fingerprint density at radius 3 is 2.35 bits per heavy atom. The number of nitrogens with one attached hydrogen (secondary N) is 2. The molecule has 0 saturated carbocycles. The Hall–Kier alpha value is -2.11. The van der Waals surface area contributed by atoms with Crippen molar-refractivity contribution in [1.29, 1.82) is 0 Å². The molecule has 0 atom stereocenters. The van der Waals surface area contributed by atoms with Gasteiger partial charge in [0.05, 0.1) is 5.56 Å². The van der Waals surface area contributed by atoms with Crippen LogP contribution >= 0.6 is 0 Å². The first kappa shape index (κ1) is 17.2. The van der Waals surface area contributed by atoms with E-state index in [0.29, 0.717) is 25.9 Å². The van der Waals surface area contributed by atoms with Gasteiger partial charge in [0, 0.05) is 24.7 Å². The van der Waals surface area contributed by atoms with Crippen LogP contribution in [0.4, 0.5) is 9.18 Å². The lowest BCUT2D eigenvalue weighted by Crippen LogP contribution is -2.53. The van der Waals surface area contributed by atoms with Crippen LogP contribution in [0.25, 0.3) is 0 Å². The molecule has 1 aromatic rings. The fourth-order valence-corrected chi connectivity index (χ4v) is 2.54. The number of piperidine rings is 1. The van der Waals surface area contributed by atoms with Gasteiger partial charge in [-0.1, -0.05) is 12.1 Å². The Bertz CT molecular complexity index is 575. The van der Waals surface area contributed by atoms with Gasteiger partial charge in [0.25, 0.3) is 5.91 Å². The Morgan fingerprint density at radius 2 is 1.78 bits per heavy atom. The largest absolute Gasteiger partial charge is 0.349 e. The predicted molar refractivity (Wildman–Crippen MR) is 86.7 cm³/mol. The van der Waals surface area contributed by atoms with Gasteiger partial charge >= 0.3 is 6.03 Å². The van der Waals surface area contributed by atoms with E-state index in [1.165, 1.54) is 12.1 Å². The Balaban J connectivity index is 1.84. The molecule has 0 unspecified atom stereocenters. The van der Waals surface area contributed by atoms with E-state index in [4.69, 9.17) is 0 Å². The minimum Gasteiger partial charge on any atom is -0.349 e. The molecule has 1 aliphatic heterocycles. The number of urea groups is 1. The van der Waals surface area contributed by atoms with Crippen LogP contribution in [0.15, 0.2) is 24.3 Å². The molecule has 126 valence electrons. The zero-order chi connectivity index (χ0) is 17.0. The number of benzene rings is 1. The van der Waals surface area contributed by atoms with Crippen LogP contribution in [0.3, 0.4) is 0 Å². The van der Waals surface area contributed by atoms with Crippen LogP contribution in [-0.2, 0) is 0 Å². The Kier molecular flexibility index (Phi) is 5.23. The molecule has 0 radical (unpaired) electrons. The summed E-state index contributed by atoms with van der Waals surface area (Å²) >= 11 is 0. The summed E-state index contributed by atoms with van der Waals surface area (Å²) in [5, 5.41) is 5.77. The SMILES string of the molecule is CC(C)(C)NC(=O)N1CCC(NC(=O)c2ccccc2F)CC1. The molecule has 1 heterocycles. The summed E-state index contributed by atoms with van der Waals surface area (Å²) < 4.78 is 13.6. The van der Waals surface area contributed by atoms with Crippen LogP contribution in [0.1, 0.15) is 44.0 Å². The third kappa shape index (κ3) is 4.94. The van der Waals surface area contributed by atoms with Crippen LogP contribution in [-0.4, -0.2) is 41.5 Å². The summed E-state index contributed by atoms with van der Waals surface area (Å²) in [6.07, 6.45) is 1.33. The van der Waals surface area contributed by atoms with Crippen molar-refractivity contribution in [3.8, 4) is 0 Å². The molecule has 0 spiro atoms. The molecule has 1 fully saturated rings. The van der Waals surface area contributed by atoms with Gasteiger partial charge < -0.3 is 15.5 Å². The molecule has 1 aromatic carbocycles. The van der Waals surface area contributed by atoms with Crippen molar-refractivity contribution in [3.05, 3.63) is 35.6 Å².